The highest BCUT2D eigenvalue weighted by atomic mass is 32.2. The maximum absolute atomic E-state index is 11.3. The van der Waals surface area contributed by atoms with Crippen LogP contribution in [-0.4, -0.2) is 59.7 Å². The first-order chi connectivity index (χ1) is 9.82. The summed E-state index contributed by atoms with van der Waals surface area (Å²) in [6.07, 6.45) is 1.23. The van der Waals surface area contributed by atoms with Gasteiger partial charge in [-0.3, -0.25) is 4.90 Å². The highest BCUT2D eigenvalue weighted by Gasteiger charge is 2.21. The van der Waals surface area contributed by atoms with E-state index in [-0.39, 0.29) is 11.8 Å². The Kier molecular flexibility index (Phi) is 6.44. The summed E-state index contributed by atoms with van der Waals surface area (Å²) in [6, 6.07) is 5.36. The van der Waals surface area contributed by atoms with Gasteiger partial charge in [0.15, 0.2) is 0 Å². The van der Waals surface area contributed by atoms with Gasteiger partial charge >= 0.3 is 0 Å². The molecule has 0 fully saturated rings. The van der Waals surface area contributed by atoms with Crippen molar-refractivity contribution in [2.75, 3.05) is 46.4 Å². The van der Waals surface area contributed by atoms with Crippen molar-refractivity contribution in [1.29, 1.82) is 0 Å². The smallest absolute Gasteiger partial charge is 0.148 e. The van der Waals surface area contributed by atoms with Gasteiger partial charge in [-0.25, -0.2) is 8.42 Å². The molecule has 0 aliphatic carbocycles. The Morgan fingerprint density at radius 1 is 1.29 bits per heavy atom. The van der Waals surface area contributed by atoms with E-state index < -0.39 is 9.84 Å². The molecule has 0 amide bonds. The zero-order valence-corrected chi connectivity index (χ0v) is 13.8. The van der Waals surface area contributed by atoms with E-state index in [1.54, 1.807) is 14.2 Å². The average Bonchev–Trinajstić information content (AvgIpc) is 2.45. The van der Waals surface area contributed by atoms with Crippen molar-refractivity contribution < 1.29 is 17.9 Å². The van der Waals surface area contributed by atoms with Gasteiger partial charge in [-0.1, -0.05) is 0 Å². The number of nitrogens with two attached hydrogens (primary N) is 1. The molecule has 1 unspecified atom stereocenters. The van der Waals surface area contributed by atoms with E-state index in [1.807, 2.05) is 30.1 Å². The molecule has 0 aromatic heterocycles. The maximum atomic E-state index is 11.3. The number of benzene rings is 1. The molecule has 0 heterocycles. The first-order valence-corrected chi connectivity index (χ1v) is 8.68. The third kappa shape index (κ3) is 5.18. The lowest BCUT2D eigenvalue weighted by Gasteiger charge is -2.28. The molecule has 0 bridgehead atoms. The summed E-state index contributed by atoms with van der Waals surface area (Å²) in [7, 11) is 2.03. The van der Waals surface area contributed by atoms with E-state index in [0.717, 1.165) is 5.56 Å². The molecule has 0 saturated carbocycles. The van der Waals surface area contributed by atoms with Crippen LogP contribution in [0.25, 0.3) is 0 Å². The lowest BCUT2D eigenvalue weighted by atomic mass is 10.0. The molecule has 2 N–H and O–H groups in total. The topological polar surface area (TPSA) is 81.9 Å². The van der Waals surface area contributed by atoms with Crippen LogP contribution in [0.3, 0.4) is 0 Å². The fraction of sp³-hybridized carbons (Fsp3) is 0.571. The molecule has 1 aromatic rings. The lowest BCUT2D eigenvalue weighted by molar-refractivity contribution is 0.256. The number of rotatable bonds is 8. The molecule has 120 valence electrons. The van der Waals surface area contributed by atoms with Crippen LogP contribution in [0, 0.1) is 0 Å². The van der Waals surface area contributed by atoms with Crippen LogP contribution in [0.2, 0.25) is 0 Å². The third-order valence-electron chi connectivity index (χ3n) is 3.37. The van der Waals surface area contributed by atoms with E-state index in [2.05, 4.69) is 0 Å². The molecule has 6 nitrogen and oxygen atoms in total. The Morgan fingerprint density at radius 2 is 1.95 bits per heavy atom. The minimum Gasteiger partial charge on any atom is -0.497 e. The van der Waals surface area contributed by atoms with Crippen molar-refractivity contribution in [2.45, 2.75) is 6.04 Å². The summed E-state index contributed by atoms with van der Waals surface area (Å²) in [6.45, 7) is 0.755. The Bertz CT molecular complexity index is 560. The molecule has 0 aliphatic rings. The van der Waals surface area contributed by atoms with Crippen molar-refractivity contribution in [3.05, 3.63) is 23.8 Å². The monoisotopic (exact) mass is 316 g/mol. The summed E-state index contributed by atoms with van der Waals surface area (Å²) in [5, 5.41) is 0. The molecule has 1 rings (SSSR count). The quantitative estimate of drug-likeness (QED) is 0.759. The highest BCUT2D eigenvalue weighted by Crippen LogP contribution is 2.31. The maximum Gasteiger partial charge on any atom is 0.148 e. The molecule has 0 saturated heterocycles. The number of sulfone groups is 1. The van der Waals surface area contributed by atoms with Crippen LogP contribution < -0.4 is 15.2 Å². The van der Waals surface area contributed by atoms with Crippen LogP contribution in [0.4, 0.5) is 0 Å². The molecule has 0 radical (unpaired) electrons. The number of methoxy groups -OCH3 is 2. The van der Waals surface area contributed by atoms with Crippen molar-refractivity contribution >= 4 is 9.84 Å². The number of nitrogens with zero attached hydrogens (tertiary/aromatic N) is 1. The minimum absolute atomic E-state index is 0.0896. The molecule has 1 atom stereocenters. The Balaban J connectivity index is 3.02. The van der Waals surface area contributed by atoms with Gasteiger partial charge < -0.3 is 15.2 Å². The average molecular weight is 316 g/mol. The predicted octanol–water partition coefficient (Wildman–Crippen LogP) is 0.680. The fourth-order valence-electron chi connectivity index (χ4n) is 2.11. The van der Waals surface area contributed by atoms with Gasteiger partial charge in [0.05, 0.1) is 26.0 Å². The lowest BCUT2D eigenvalue weighted by Crippen LogP contribution is -2.34. The van der Waals surface area contributed by atoms with Gasteiger partial charge in [0.25, 0.3) is 0 Å². The zero-order chi connectivity index (χ0) is 16.0. The third-order valence-corrected chi connectivity index (χ3v) is 4.29. The number of hydrogen-bond acceptors (Lipinski definition) is 6. The van der Waals surface area contributed by atoms with E-state index in [1.165, 1.54) is 6.26 Å². The van der Waals surface area contributed by atoms with Crippen molar-refractivity contribution in [3.8, 4) is 11.5 Å². The van der Waals surface area contributed by atoms with Crippen molar-refractivity contribution in [1.82, 2.24) is 4.90 Å². The number of likely N-dealkylation sites (N-methyl/N-ethyl adjacent to an activating group) is 1. The summed E-state index contributed by atoms with van der Waals surface area (Å²) in [5.41, 5.74) is 6.76. The predicted molar refractivity (Wildman–Crippen MR) is 83.7 cm³/mol. The van der Waals surface area contributed by atoms with E-state index in [4.69, 9.17) is 15.2 Å². The standard InChI is InChI=1S/C14H24N2O4S/c1-16(7-8-21(4,17)18)13(10-15)12-9-11(19-2)5-6-14(12)20-3/h5-6,9,13H,7-8,10,15H2,1-4H3. The first kappa shape index (κ1) is 17.7. The number of hydrogen-bond donors (Lipinski definition) is 1. The van der Waals surface area contributed by atoms with Gasteiger partial charge in [0.2, 0.25) is 0 Å². The Labute approximate surface area is 126 Å². The van der Waals surface area contributed by atoms with Crippen molar-refractivity contribution in [2.24, 2.45) is 5.73 Å². The second kappa shape index (κ2) is 7.63. The van der Waals surface area contributed by atoms with Crippen LogP contribution >= 0.6 is 0 Å². The summed E-state index contributed by atoms with van der Waals surface area (Å²) in [4.78, 5) is 1.92. The normalized spacial score (nSPS) is 13.2. The fourth-order valence-corrected chi connectivity index (χ4v) is 2.73. The van der Waals surface area contributed by atoms with Crippen LogP contribution in [0.1, 0.15) is 11.6 Å². The SMILES string of the molecule is COc1ccc(OC)c(C(CN)N(C)CCS(C)(=O)=O)c1. The molecule has 0 spiro atoms. The molecule has 7 heteroatoms. The van der Waals surface area contributed by atoms with Gasteiger partial charge in [-0.15, -0.1) is 0 Å². The molecule has 21 heavy (non-hydrogen) atoms. The van der Waals surface area contributed by atoms with Gasteiger partial charge in [0, 0.05) is 24.9 Å². The summed E-state index contributed by atoms with van der Waals surface area (Å²) < 4.78 is 33.2. The van der Waals surface area contributed by atoms with Gasteiger partial charge in [0.1, 0.15) is 21.3 Å². The molecular formula is C14H24N2O4S. The largest absolute Gasteiger partial charge is 0.497 e. The Hall–Kier alpha value is -1.31. The Morgan fingerprint density at radius 3 is 2.43 bits per heavy atom. The van der Waals surface area contributed by atoms with Crippen LogP contribution in [0.15, 0.2) is 18.2 Å². The molecule has 1 aromatic carbocycles. The zero-order valence-electron chi connectivity index (χ0n) is 13.0. The molecule has 0 aliphatic heterocycles. The number of ether oxygens (including phenoxy) is 2. The van der Waals surface area contributed by atoms with Crippen molar-refractivity contribution in [3.63, 3.8) is 0 Å². The summed E-state index contributed by atoms with van der Waals surface area (Å²) >= 11 is 0. The van der Waals surface area contributed by atoms with E-state index >= 15 is 0 Å². The van der Waals surface area contributed by atoms with Gasteiger partial charge in [-0.05, 0) is 25.2 Å². The van der Waals surface area contributed by atoms with E-state index in [9.17, 15) is 8.42 Å². The second-order valence-electron chi connectivity index (χ2n) is 4.97. The first-order valence-electron chi connectivity index (χ1n) is 6.62. The second-order valence-corrected chi connectivity index (χ2v) is 7.23. The molecular weight excluding hydrogens is 292 g/mol. The summed E-state index contributed by atoms with van der Waals surface area (Å²) in [5.74, 6) is 1.50. The van der Waals surface area contributed by atoms with Crippen LogP contribution in [-0.2, 0) is 9.84 Å². The minimum atomic E-state index is -3.01. The van der Waals surface area contributed by atoms with Gasteiger partial charge in [-0.2, -0.15) is 0 Å². The van der Waals surface area contributed by atoms with Crippen LogP contribution in [0.5, 0.6) is 11.5 Å². The van der Waals surface area contributed by atoms with E-state index in [0.29, 0.717) is 24.6 Å². The highest BCUT2D eigenvalue weighted by molar-refractivity contribution is 7.90.